The number of benzene rings is 2. The molecule has 142 valence electrons. The van der Waals surface area contributed by atoms with E-state index in [0.717, 1.165) is 16.0 Å². The molecule has 2 amide bonds. The molecule has 0 spiro atoms. The van der Waals surface area contributed by atoms with Crippen molar-refractivity contribution < 1.29 is 19.1 Å². The van der Waals surface area contributed by atoms with Crippen molar-refractivity contribution in [1.82, 2.24) is 4.98 Å². The lowest BCUT2D eigenvalue weighted by atomic mass is 10.2. The van der Waals surface area contributed by atoms with Crippen LogP contribution < -0.4 is 16.4 Å². The molecule has 0 radical (unpaired) electrons. The summed E-state index contributed by atoms with van der Waals surface area (Å²) < 4.78 is 13.2. The highest BCUT2D eigenvalue weighted by molar-refractivity contribution is 7.99. The zero-order valence-electron chi connectivity index (χ0n) is 14.3. The van der Waals surface area contributed by atoms with Crippen LogP contribution in [-0.4, -0.2) is 22.1 Å². The third kappa shape index (κ3) is 4.98. The topological polar surface area (TPSA) is 117 Å². The summed E-state index contributed by atoms with van der Waals surface area (Å²) in [7, 11) is 0. The van der Waals surface area contributed by atoms with Crippen molar-refractivity contribution in [1.29, 1.82) is 0 Å². The highest BCUT2D eigenvalue weighted by atomic mass is 32.2. The van der Waals surface area contributed by atoms with Gasteiger partial charge in [-0.2, -0.15) is 0 Å². The van der Waals surface area contributed by atoms with E-state index < -0.39 is 17.8 Å². The Kier molecular flexibility index (Phi) is 5.75. The van der Waals surface area contributed by atoms with Crippen LogP contribution in [0.4, 0.5) is 26.2 Å². The molecule has 0 unspecified atom stereocenters. The van der Waals surface area contributed by atoms with E-state index in [-0.39, 0.29) is 5.69 Å². The van der Waals surface area contributed by atoms with Crippen LogP contribution >= 0.6 is 11.8 Å². The fraction of sp³-hybridized carbons (Fsp3) is 0. The van der Waals surface area contributed by atoms with E-state index >= 15 is 0 Å². The molecule has 0 aliphatic rings. The minimum Gasteiger partial charge on any atom is -0.465 e. The van der Waals surface area contributed by atoms with E-state index in [4.69, 9.17) is 10.8 Å². The number of hydrogen-bond acceptors (Lipinski definition) is 5. The summed E-state index contributed by atoms with van der Waals surface area (Å²) in [5.41, 5.74) is 7.50. The molecule has 0 aliphatic heterocycles. The number of carboxylic acid groups (broad SMARTS) is 1. The first kappa shape index (κ1) is 19.2. The molecule has 7 nitrogen and oxygen atoms in total. The van der Waals surface area contributed by atoms with Crippen LogP contribution in [0.3, 0.4) is 0 Å². The molecule has 0 fully saturated rings. The maximum Gasteiger partial charge on any atom is 0.409 e. The molecule has 1 aromatic heterocycles. The van der Waals surface area contributed by atoms with Crippen LogP contribution in [0.1, 0.15) is 10.4 Å². The molecular weight excluding hydrogens is 383 g/mol. The van der Waals surface area contributed by atoms with Gasteiger partial charge in [0.2, 0.25) is 0 Å². The molecule has 5 N–H and O–H groups in total. The maximum absolute atomic E-state index is 13.2. The van der Waals surface area contributed by atoms with Crippen molar-refractivity contribution in [3.05, 3.63) is 72.3 Å². The summed E-state index contributed by atoms with van der Waals surface area (Å²) in [5.74, 6) is -0.978. The Balaban J connectivity index is 1.69. The summed E-state index contributed by atoms with van der Waals surface area (Å²) in [4.78, 5) is 28.2. The third-order valence-electron chi connectivity index (χ3n) is 3.57. The minimum absolute atomic E-state index is 0.247. The average Bonchev–Trinajstić information content (AvgIpc) is 2.64. The first-order valence-corrected chi connectivity index (χ1v) is 8.81. The molecular formula is C19H15FN4O3S. The van der Waals surface area contributed by atoms with Crippen molar-refractivity contribution in [2.24, 2.45) is 0 Å². The highest BCUT2D eigenvalue weighted by Crippen LogP contribution is 2.33. The van der Waals surface area contributed by atoms with Gasteiger partial charge in [-0.05, 0) is 42.5 Å². The number of halogens is 1. The molecule has 2 aromatic carbocycles. The molecule has 3 rings (SSSR count). The number of aromatic nitrogens is 1. The Morgan fingerprint density at radius 1 is 1.00 bits per heavy atom. The summed E-state index contributed by atoms with van der Waals surface area (Å²) >= 11 is 1.38. The first-order valence-electron chi connectivity index (χ1n) is 8.00. The van der Waals surface area contributed by atoms with Gasteiger partial charge in [0.15, 0.2) is 0 Å². The van der Waals surface area contributed by atoms with Crippen LogP contribution in [-0.2, 0) is 0 Å². The number of nitrogen functional groups attached to an aromatic ring is 1. The largest absolute Gasteiger partial charge is 0.465 e. The Morgan fingerprint density at radius 3 is 2.39 bits per heavy atom. The number of amides is 2. The van der Waals surface area contributed by atoms with E-state index in [2.05, 4.69) is 15.6 Å². The number of nitrogens with zero attached hydrogens (tertiary/aromatic N) is 1. The normalized spacial score (nSPS) is 10.3. The van der Waals surface area contributed by atoms with Crippen LogP contribution in [0.5, 0.6) is 0 Å². The molecule has 0 atom stereocenters. The van der Waals surface area contributed by atoms with Crippen molar-refractivity contribution >= 4 is 40.8 Å². The number of anilines is 3. The zero-order chi connectivity index (χ0) is 20.1. The lowest BCUT2D eigenvalue weighted by Crippen LogP contribution is -2.12. The van der Waals surface area contributed by atoms with Crippen LogP contribution in [0.15, 0.2) is 70.7 Å². The summed E-state index contributed by atoms with van der Waals surface area (Å²) in [6.07, 6.45) is 1.26. The van der Waals surface area contributed by atoms with E-state index in [0.29, 0.717) is 16.9 Å². The number of nitrogens with one attached hydrogen (secondary N) is 2. The zero-order valence-corrected chi connectivity index (χ0v) is 15.2. The summed E-state index contributed by atoms with van der Waals surface area (Å²) in [5, 5.41) is 13.5. The Labute approximate surface area is 163 Å². The van der Waals surface area contributed by atoms with Crippen molar-refractivity contribution in [3.63, 3.8) is 0 Å². The number of carbonyl (C=O) groups excluding carboxylic acids is 1. The van der Waals surface area contributed by atoms with E-state index in [9.17, 15) is 14.0 Å². The van der Waals surface area contributed by atoms with Gasteiger partial charge < -0.3 is 16.2 Å². The van der Waals surface area contributed by atoms with Crippen LogP contribution in [0, 0.1) is 5.82 Å². The van der Waals surface area contributed by atoms with Crippen molar-refractivity contribution in [2.75, 3.05) is 16.4 Å². The lowest BCUT2D eigenvalue weighted by Gasteiger charge is -2.09. The summed E-state index contributed by atoms with van der Waals surface area (Å²) in [6, 6.07) is 12.8. The van der Waals surface area contributed by atoms with Gasteiger partial charge in [0, 0.05) is 32.8 Å². The molecule has 28 heavy (non-hydrogen) atoms. The summed E-state index contributed by atoms with van der Waals surface area (Å²) in [6.45, 7) is 0. The molecule has 0 saturated heterocycles. The number of carbonyl (C=O) groups is 2. The fourth-order valence-electron chi connectivity index (χ4n) is 2.32. The van der Waals surface area contributed by atoms with Gasteiger partial charge in [-0.3, -0.25) is 15.1 Å². The van der Waals surface area contributed by atoms with Gasteiger partial charge in [0.25, 0.3) is 5.91 Å². The SMILES string of the molecule is Nc1cc(C(=O)Nc2cncc(F)c2)ccc1Sc1ccc(NC(=O)O)cc1. The first-order chi connectivity index (χ1) is 13.4. The van der Waals surface area contributed by atoms with Crippen LogP contribution in [0.2, 0.25) is 0 Å². The monoisotopic (exact) mass is 398 g/mol. The average molecular weight is 398 g/mol. The third-order valence-corrected chi connectivity index (χ3v) is 4.67. The molecule has 3 aromatic rings. The van der Waals surface area contributed by atoms with Crippen molar-refractivity contribution in [3.8, 4) is 0 Å². The highest BCUT2D eigenvalue weighted by Gasteiger charge is 2.10. The maximum atomic E-state index is 13.2. The van der Waals surface area contributed by atoms with E-state index in [1.54, 1.807) is 36.4 Å². The van der Waals surface area contributed by atoms with Gasteiger partial charge in [0.1, 0.15) is 5.82 Å². The van der Waals surface area contributed by atoms with E-state index in [1.165, 1.54) is 30.1 Å². The standard InChI is InChI=1S/C19H15FN4O3S/c20-12-8-14(10-22-9-12)23-18(25)11-1-6-17(16(21)7-11)28-15-4-2-13(3-5-15)24-19(26)27/h1-10,24H,21H2,(H,23,25)(H,26,27). The number of rotatable bonds is 5. The second-order valence-corrected chi connectivity index (χ2v) is 6.77. The predicted molar refractivity (Wildman–Crippen MR) is 105 cm³/mol. The van der Waals surface area contributed by atoms with Gasteiger partial charge in [0.05, 0.1) is 18.1 Å². The Hall–Kier alpha value is -3.59. The molecule has 9 heteroatoms. The predicted octanol–water partition coefficient (Wildman–Crippen LogP) is 4.30. The van der Waals surface area contributed by atoms with Gasteiger partial charge >= 0.3 is 6.09 Å². The van der Waals surface area contributed by atoms with Gasteiger partial charge in [-0.25, -0.2) is 9.18 Å². The molecule has 0 aliphatic carbocycles. The Bertz CT molecular complexity index is 1030. The number of nitrogens with two attached hydrogens (primary N) is 1. The number of pyridine rings is 1. The van der Waals surface area contributed by atoms with Crippen molar-refractivity contribution in [2.45, 2.75) is 9.79 Å². The lowest BCUT2D eigenvalue weighted by molar-refractivity contribution is 0.102. The van der Waals surface area contributed by atoms with Crippen LogP contribution in [0.25, 0.3) is 0 Å². The quantitative estimate of drug-likeness (QED) is 0.476. The Morgan fingerprint density at radius 2 is 1.75 bits per heavy atom. The second kappa shape index (κ2) is 8.40. The number of hydrogen-bond donors (Lipinski definition) is 4. The van der Waals surface area contributed by atoms with Gasteiger partial charge in [-0.1, -0.05) is 11.8 Å². The van der Waals surface area contributed by atoms with E-state index in [1.807, 2.05) is 0 Å². The minimum atomic E-state index is -1.13. The molecule has 0 saturated carbocycles. The van der Waals surface area contributed by atoms with Gasteiger partial charge in [-0.15, -0.1) is 0 Å². The molecule has 0 bridgehead atoms. The smallest absolute Gasteiger partial charge is 0.409 e. The second-order valence-electron chi connectivity index (χ2n) is 5.66. The molecule has 1 heterocycles. The fourth-order valence-corrected chi connectivity index (χ4v) is 3.16.